The van der Waals surface area contributed by atoms with Crippen molar-refractivity contribution in [3.63, 3.8) is 0 Å². The van der Waals surface area contributed by atoms with Crippen LogP contribution in [0.4, 0.5) is 0 Å². The normalized spacial score (nSPS) is 10.4. The molecule has 0 N–H and O–H groups in total. The monoisotopic (exact) mass is 234 g/mol. The molecule has 2 heterocycles. The standard InChI is InChI=1S/C14H10N4/c15-9-12-10-16-14-6-7-17-18(14)13(12)8-11-4-2-1-3-5-11/h1-7,10H,8H2. The van der Waals surface area contributed by atoms with Gasteiger partial charge in [0.15, 0.2) is 5.65 Å². The van der Waals surface area contributed by atoms with Gasteiger partial charge in [-0.05, 0) is 5.56 Å². The molecule has 3 aromatic rings. The molecule has 0 fully saturated rings. The van der Waals surface area contributed by atoms with Crippen LogP contribution in [0.2, 0.25) is 0 Å². The number of aromatic nitrogens is 3. The maximum atomic E-state index is 9.16. The molecule has 0 spiro atoms. The lowest BCUT2D eigenvalue weighted by molar-refractivity contribution is 0.857. The van der Waals surface area contributed by atoms with E-state index in [1.54, 1.807) is 16.9 Å². The van der Waals surface area contributed by atoms with Crippen molar-refractivity contribution >= 4 is 5.65 Å². The summed E-state index contributed by atoms with van der Waals surface area (Å²) >= 11 is 0. The van der Waals surface area contributed by atoms with Gasteiger partial charge < -0.3 is 0 Å². The molecule has 86 valence electrons. The Morgan fingerprint density at radius 1 is 1.17 bits per heavy atom. The first-order chi connectivity index (χ1) is 8.88. The molecule has 3 rings (SSSR count). The predicted molar refractivity (Wildman–Crippen MR) is 67.0 cm³/mol. The van der Waals surface area contributed by atoms with Gasteiger partial charge in [-0.15, -0.1) is 0 Å². The van der Waals surface area contributed by atoms with Gasteiger partial charge in [0.25, 0.3) is 0 Å². The third kappa shape index (κ3) is 1.72. The number of hydrogen-bond acceptors (Lipinski definition) is 3. The smallest absolute Gasteiger partial charge is 0.155 e. The fourth-order valence-electron chi connectivity index (χ4n) is 1.97. The number of nitriles is 1. The second-order valence-electron chi connectivity index (χ2n) is 3.99. The molecule has 18 heavy (non-hydrogen) atoms. The summed E-state index contributed by atoms with van der Waals surface area (Å²) in [6.07, 6.45) is 3.97. The van der Waals surface area contributed by atoms with Crippen LogP contribution in [0.3, 0.4) is 0 Å². The fourth-order valence-corrected chi connectivity index (χ4v) is 1.97. The second-order valence-corrected chi connectivity index (χ2v) is 3.99. The van der Waals surface area contributed by atoms with Gasteiger partial charge in [-0.25, -0.2) is 9.50 Å². The van der Waals surface area contributed by atoms with E-state index < -0.39 is 0 Å². The van der Waals surface area contributed by atoms with E-state index in [9.17, 15) is 0 Å². The molecule has 2 aromatic heterocycles. The molecule has 0 aliphatic heterocycles. The van der Waals surface area contributed by atoms with E-state index >= 15 is 0 Å². The summed E-state index contributed by atoms with van der Waals surface area (Å²) in [7, 11) is 0. The SMILES string of the molecule is N#Cc1cnc2ccnn2c1Cc1ccccc1. The van der Waals surface area contributed by atoms with Crippen molar-refractivity contribution in [1.29, 1.82) is 5.26 Å². The highest BCUT2D eigenvalue weighted by molar-refractivity contribution is 5.44. The highest BCUT2D eigenvalue weighted by Crippen LogP contribution is 2.14. The first kappa shape index (κ1) is 10.5. The number of hydrogen-bond donors (Lipinski definition) is 0. The Balaban J connectivity index is 2.15. The van der Waals surface area contributed by atoms with Crippen molar-refractivity contribution in [3.8, 4) is 6.07 Å². The van der Waals surface area contributed by atoms with Crippen molar-refractivity contribution in [1.82, 2.24) is 14.6 Å². The molecule has 1 aromatic carbocycles. The number of fused-ring (bicyclic) bond motifs is 1. The maximum Gasteiger partial charge on any atom is 0.155 e. The Morgan fingerprint density at radius 2 is 2.00 bits per heavy atom. The fraction of sp³-hybridized carbons (Fsp3) is 0.0714. The third-order valence-corrected chi connectivity index (χ3v) is 2.85. The van der Waals surface area contributed by atoms with Crippen molar-refractivity contribution in [2.75, 3.05) is 0 Å². The summed E-state index contributed by atoms with van der Waals surface area (Å²) in [6.45, 7) is 0. The number of nitrogens with zero attached hydrogens (tertiary/aromatic N) is 4. The van der Waals surface area contributed by atoms with Gasteiger partial charge in [-0.3, -0.25) is 0 Å². The van der Waals surface area contributed by atoms with Crippen molar-refractivity contribution in [2.45, 2.75) is 6.42 Å². The summed E-state index contributed by atoms with van der Waals surface area (Å²) in [4.78, 5) is 4.19. The molecule has 0 saturated carbocycles. The van der Waals surface area contributed by atoms with Crippen LogP contribution in [-0.4, -0.2) is 14.6 Å². The Kier molecular flexibility index (Phi) is 2.50. The summed E-state index contributed by atoms with van der Waals surface area (Å²) in [5, 5.41) is 13.4. The molecule has 4 heteroatoms. The molecule has 0 saturated heterocycles. The predicted octanol–water partition coefficient (Wildman–Crippen LogP) is 2.19. The highest BCUT2D eigenvalue weighted by Gasteiger charge is 2.09. The maximum absolute atomic E-state index is 9.16. The minimum absolute atomic E-state index is 0.565. The van der Waals surface area contributed by atoms with Crippen LogP contribution >= 0.6 is 0 Å². The zero-order valence-electron chi connectivity index (χ0n) is 9.61. The van der Waals surface area contributed by atoms with Crippen molar-refractivity contribution in [2.24, 2.45) is 0 Å². The average molecular weight is 234 g/mol. The van der Waals surface area contributed by atoms with Crippen LogP contribution in [0, 0.1) is 11.3 Å². The molecule has 0 unspecified atom stereocenters. The topological polar surface area (TPSA) is 54.0 Å². The molecule has 0 atom stereocenters. The summed E-state index contributed by atoms with van der Waals surface area (Å²) in [6, 6.07) is 14.0. The average Bonchev–Trinajstić information content (AvgIpc) is 2.89. The van der Waals surface area contributed by atoms with E-state index in [-0.39, 0.29) is 0 Å². The van der Waals surface area contributed by atoms with Gasteiger partial charge in [-0.2, -0.15) is 10.4 Å². The minimum Gasteiger partial charge on any atom is -0.236 e. The Bertz CT molecular complexity index is 722. The van der Waals surface area contributed by atoms with E-state index in [1.165, 1.54) is 0 Å². The van der Waals surface area contributed by atoms with Crippen LogP contribution in [-0.2, 0) is 6.42 Å². The first-order valence-corrected chi connectivity index (χ1v) is 5.64. The van der Waals surface area contributed by atoms with E-state index in [4.69, 9.17) is 5.26 Å². The van der Waals surface area contributed by atoms with Crippen molar-refractivity contribution < 1.29 is 0 Å². The minimum atomic E-state index is 0.565. The molecule has 0 aliphatic rings. The molecule has 0 aliphatic carbocycles. The molecular weight excluding hydrogens is 224 g/mol. The lowest BCUT2D eigenvalue weighted by atomic mass is 10.1. The van der Waals surface area contributed by atoms with E-state index in [2.05, 4.69) is 16.2 Å². The van der Waals surface area contributed by atoms with E-state index in [0.717, 1.165) is 16.9 Å². The molecule has 0 bridgehead atoms. The first-order valence-electron chi connectivity index (χ1n) is 5.64. The van der Waals surface area contributed by atoms with Crippen LogP contribution in [0.5, 0.6) is 0 Å². The van der Waals surface area contributed by atoms with Gasteiger partial charge in [0.05, 0.1) is 17.5 Å². The third-order valence-electron chi connectivity index (χ3n) is 2.85. The zero-order chi connectivity index (χ0) is 12.4. The molecule has 4 nitrogen and oxygen atoms in total. The van der Waals surface area contributed by atoms with Crippen LogP contribution < -0.4 is 0 Å². The van der Waals surface area contributed by atoms with E-state index in [1.807, 2.05) is 36.4 Å². The summed E-state index contributed by atoms with van der Waals surface area (Å²) in [5.74, 6) is 0. The zero-order valence-corrected chi connectivity index (χ0v) is 9.61. The lowest BCUT2D eigenvalue weighted by Gasteiger charge is -2.06. The van der Waals surface area contributed by atoms with Gasteiger partial charge in [-0.1, -0.05) is 30.3 Å². The van der Waals surface area contributed by atoms with Crippen LogP contribution in [0.1, 0.15) is 16.8 Å². The van der Waals surface area contributed by atoms with Crippen molar-refractivity contribution in [3.05, 3.63) is 65.6 Å². The lowest BCUT2D eigenvalue weighted by Crippen LogP contribution is -2.04. The summed E-state index contributed by atoms with van der Waals surface area (Å²) < 4.78 is 1.73. The van der Waals surface area contributed by atoms with Crippen LogP contribution in [0.25, 0.3) is 5.65 Å². The second kappa shape index (κ2) is 4.30. The Hall–Kier alpha value is -2.67. The van der Waals surface area contributed by atoms with E-state index in [0.29, 0.717) is 12.0 Å². The highest BCUT2D eigenvalue weighted by atomic mass is 15.2. The quantitative estimate of drug-likeness (QED) is 0.683. The van der Waals surface area contributed by atoms with Crippen LogP contribution in [0.15, 0.2) is 48.8 Å². The van der Waals surface area contributed by atoms with Gasteiger partial charge in [0.2, 0.25) is 0 Å². The largest absolute Gasteiger partial charge is 0.236 e. The van der Waals surface area contributed by atoms with Gasteiger partial charge in [0.1, 0.15) is 6.07 Å². The Morgan fingerprint density at radius 3 is 2.78 bits per heavy atom. The molecule has 0 amide bonds. The molecule has 0 radical (unpaired) electrons. The summed E-state index contributed by atoms with van der Waals surface area (Å²) in [5.41, 5.74) is 3.35. The van der Waals surface area contributed by atoms with Gasteiger partial charge in [0, 0.05) is 18.7 Å². The van der Waals surface area contributed by atoms with Gasteiger partial charge >= 0.3 is 0 Å². The number of rotatable bonds is 2. The Labute approximate surface area is 104 Å². The number of benzene rings is 1. The molecular formula is C14H10N4.